The summed E-state index contributed by atoms with van der Waals surface area (Å²) in [5.41, 5.74) is 0.817. The maximum Gasteiger partial charge on any atom is 0.408 e. The molecule has 0 aliphatic heterocycles. The third-order valence-electron chi connectivity index (χ3n) is 4.05. The van der Waals surface area contributed by atoms with Crippen LogP contribution < -0.4 is 10.6 Å². The van der Waals surface area contributed by atoms with Gasteiger partial charge in [0.2, 0.25) is 0 Å². The predicted molar refractivity (Wildman–Crippen MR) is 112 cm³/mol. The second kappa shape index (κ2) is 11.2. The van der Waals surface area contributed by atoms with E-state index in [0.29, 0.717) is 5.02 Å². The molecule has 2 atom stereocenters. The summed E-state index contributed by atoms with van der Waals surface area (Å²) < 4.78 is 10.4. The maximum atomic E-state index is 12.5. The molecule has 1 aromatic carbocycles. The molecule has 0 radical (unpaired) electrons. The van der Waals surface area contributed by atoms with Crippen LogP contribution in [0.15, 0.2) is 48.7 Å². The Morgan fingerprint density at radius 1 is 1.07 bits per heavy atom. The zero-order valence-corrected chi connectivity index (χ0v) is 17.7. The third-order valence-corrected chi connectivity index (χ3v) is 4.27. The number of alkyl carbamates (subject to hydrolysis) is 1. The van der Waals surface area contributed by atoms with Gasteiger partial charge < -0.3 is 20.1 Å². The van der Waals surface area contributed by atoms with E-state index in [9.17, 15) is 14.4 Å². The maximum absolute atomic E-state index is 12.5. The van der Waals surface area contributed by atoms with Crippen molar-refractivity contribution in [3.63, 3.8) is 0 Å². The summed E-state index contributed by atoms with van der Waals surface area (Å²) in [7, 11) is 0. The number of carbonyl (C=O) groups is 3. The summed E-state index contributed by atoms with van der Waals surface area (Å²) >= 11 is 5.75. The second-order valence-corrected chi connectivity index (χ2v) is 7.29. The van der Waals surface area contributed by atoms with Crippen molar-refractivity contribution < 1.29 is 23.9 Å². The van der Waals surface area contributed by atoms with Gasteiger partial charge in [-0.2, -0.15) is 0 Å². The van der Waals surface area contributed by atoms with E-state index >= 15 is 0 Å². The topological polar surface area (TPSA) is 107 Å². The van der Waals surface area contributed by atoms with E-state index in [-0.39, 0.29) is 18.3 Å². The molecule has 9 heteroatoms. The number of hydrogen-bond donors (Lipinski definition) is 2. The SMILES string of the molecule is CC(C)[C@H](NC(=O)OCc1ccccc1)C(=O)O[C@@H](C)C(=O)Nc1ccc(Cl)cn1. The van der Waals surface area contributed by atoms with Crippen LogP contribution in [0.25, 0.3) is 0 Å². The first kappa shape index (κ1) is 23.2. The monoisotopic (exact) mass is 433 g/mol. The zero-order valence-electron chi connectivity index (χ0n) is 16.9. The molecule has 0 aliphatic rings. The van der Waals surface area contributed by atoms with Crippen LogP contribution in [0.2, 0.25) is 5.02 Å². The van der Waals surface area contributed by atoms with Crippen molar-refractivity contribution in [2.45, 2.75) is 39.5 Å². The number of anilines is 1. The smallest absolute Gasteiger partial charge is 0.408 e. The Kier molecular flexibility index (Phi) is 8.61. The second-order valence-electron chi connectivity index (χ2n) is 6.86. The lowest BCUT2D eigenvalue weighted by Crippen LogP contribution is -2.47. The molecular formula is C21H24ClN3O5. The normalized spacial score (nSPS) is 12.6. The number of hydrogen-bond acceptors (Lipinski definition) is 6. The van der Waals surface area contributed by atoms with Crippen molar-refractivity contribution in [1.29, 1.82) is 0 Å². The number of nitrogens with one attached hydrogen (secondary N) is 2. The molecule has 2 rings (SSSR count). The molecule has 0 fully saturated rings. The van der Waals surface area contributed by atoms with Crippen molar-refractivity contribution in [2.24, 2.45) is 5.92 Å². The van der Waals surface area contributed by atoms with Crippen LogP contribution in [0, 0.1) is 5.92 Å². The van der Waals surface area contributed by atoms with Gasteiger partial charge in [0.05, 0.1) is 5.02 Å². The van der Waals surface area contributed by atoms with Gasteiger partial charge in [0.1, 0.15) is 18.5 Å². The Labute approximate surface area is 179 Å². The van der Waals surface area contributed by atoms with E-state index in [1.165, 1.54) is 19.2 Å². The number of nitrogens with zero attached hydrogens (tertiary/aromatic N) is 1. The number of rotatable bonds is 8. The van der Waals surface area contributed by atoms with Crippen LogP contribution >= 0.6 is 11.6 Å². The van der Waals surface area contributed by atoms with Gasteiger partial charge in [0.25, 0.3) is 5.91 Å². The molecule has 0 spiro atoms. The summed E-state index contributed by atoms with van der Waals surface area (Å²) in [5, 5.41) is 5.44. The molecule has 1 heterocycles. The Morgan fingerprint density at radius 2 is 1.77 bits per heavy atom. The van der Waals surface area contributed by atoms with Gasteiger partial charge in [-0.25, -0.2) is 14.6 Å². The average Bonchev–Trinajstić information content (AvgIpc) is 2.72. The van der Waals surface area contributed by atoms with E-state index in [4.69, 9.17) is 21.1 Å². The van der Waals surface area contributed by atoms with Gasteiger partial charge in [-0.1, -0.05) is 55.8 Å². The molecule has 0 bridgehead atoms. The average molecular weight is 434 g/mol. The summed E-state index contributed by atoms with van der Waals surface area (Å²) in [6.07, 6.45) is -0.469. The van der Waals surface area contributed by atoms with Gasteiger partial charge >= 0.3 is 12.1 Å². The van der Waals surface area contributed by atoms with Crippen LogP contribution in [0.1, 0.15) is 26.3 Å². The molecule has 2 N–H and O–H groups in total. The largest absolute Gasteiger partial charge is 0.451 e. The molecule has 0 saturated carbocycles. The lowest BCUT2D eigenvalue weighted by Gasteiger charge is -2.22. The molecular weight excluding hydrogens is 410 g/mol. The number of aromatic nitrogens is 1. The van der Waals surface area contributed by atoms with Crippen LogP contribution in [0.5, 0.6) is 0 Å². The molecule has 1 aromatic heterocycles. The van der Waals surface area contributed by atoms with Crippen LogP contribution in [0.3, 0.4) is 0 Å². The molecule has 0 saturated heterocycles. The number of halogens is 1. The summed E-state index contributed by atoms with van der Waals surface area (Å²) in [5.74, 6) is -1.31. The lowest BCUT2D eigenvalue weighted by molar-refractivity contribution is -0.156. The zero-order chi connectivity index (χ0) is 22.1. The highest BCUT2D eigenvalue weighted by atomic mass is 35.5. The van der Waals surface area contributed by atoms with Gasteiger partial charge in [-0.05, 0) is 30.5 Å². The minimum absolute atomic E-state index is 0.0689. The fourth-order valence-electron chi connectivity index (χ4n) is 2.37. The number of amides is 2. The summed E-state index contributed by atoms with van der Waals surface area (Å²) in [4.78, 5) is 40.8. The van der Waals surface area contributed by atoms with E-state index in [1.807, 2.05) is 30.3 Å². The van der Waals surface area contributed by atoms with Crippen molar-refractivity contribution in [3.8, 4) is 0 Å². The number of esters is 1. The Morgan fingerprint density at radius 3 is 2.37 bits per heavy atom. The molecule has 160 valence electrons. The third kappa shape index (κ3) is 7.36. The van der Waals surface area contributed by atoms with Gasteiger partial charge in [0.15, 0.2) is 6.10 Å². The minimum Gasteiger partial charge on any atom is -0.451 e. The van der Waals surface area contributed by atoms with Crippen LogP contribution in [0.4, 0.5) is 10.6 Å². The first-order valence-corrected chi connectivity index (χ1v) is 9.74. The standard InChI is InChI=1S/C21H24ClN3O5/c1-13(2)18(25-21(28)29-12-15-7-5-4-6-8-15)20(27)30-14(3)19(26)24-17-10-9-16(22)11-23-17/h4-11,13-14,18H,12H2,1-3H3,(H,25,28)(H,23,24,26)/t14-,18-/m0/s1. The molecule has 30 heavy (non-hydrogen) atoms. The quantitative estimate of drug-likeness (QED) is 0.616. The minimum atomic E-state index is -1.10. The van der Waals surface area contributed by atoms with Crippen molar-refractivity contribution in [3.05, 3.63) is 59.2 Å². The van der Waals surface area contributed by atoms with Gasteiger partial charge in [0, 0.05) is 6.20 Å². The van der Waals surface area contributed by atoms with E-state index in [0.717, 1.165) is 5.56 Å². The molecule has 2 aromatic rings. The van der Waals surface area contributed by atoms with Crippen LogP contribution in [-0.2, 0) is 25.7 Å². The van der Waals surface area contributed by atoms with Gasteiger partial charge in [-0.3, -0.25) is 4.79 Å². The number of benzene rings is 1. The molecule has 2 amide bonds. The fourth-order valence-corrected chi connectivity index (χ4v) is 2.48. The van der Waals surface area contributed by atoms with Crippen LogP contribution in [-0.4, -0.2) is 35.1 Å². The number of ether oxygens (including phenoxy) is 2. The summed E-state index contributed by atoms with van der Waals surface area (Å²) in [6.45, 7) is 4.98. The summed E-state index contributed by atoms with van der Waals surface area (Å²) in [6, 6.07) is 11.3. The Balaban J connectivity index is 1.88. The fraction of sp³-hybridized carbons (Fsp3) is 0.333. The number of pyridine rings is 1. The van der Waals surface area contributed by atoms with Crippen molar-refractivity contribution in [2.75, 3.05) is 5.32 Å². The Hall–Kier alpha value is -3.13. The number of carbonyl (C=O) groups excluding carboxylic acids is 3. The van der Waals surface area contributed by atoms with Gasteiger partial charge in [-0.15, -0.1) is 0 Å². The first-order chi connectivity index (χ1) is 14.3. The van der Waals surface area contributed by atoms with Crippen molar-refractivity contribution >= 4 is 35.4 Å². The highest BCUT2D eigenvalue weighted by Gasteiger charge is 2.29. The molecule has 0 aliphatic carbocycles. The highest BCUT2D eigenvalue weighted by Crippen LogP contribution is 2.11. The highest BCUT2D eigenvalue weighted by molar-refractivity contribution is 6.30. The molecule has 0 unspecified atom stereocenters. The van der Waals surface area contributed by atoms with E-state index < -0.39 is 30.1 Å². The van der Waals surface area contributed by atoms with E-state index in [2.05, 4.69) is 15.6 Å². The lowest BCUT2D eigenvalue weighted by atomic mass is 10.1. The molecule has 8 nitrogen and oxygen atoms in total. The Bertz CT molecular complexity index is 859. The van der Waals surface area contributed by atoms with Crippen molar-refractivity contribution in [1.82, 2.24) is 10.3 Å². The first-order valence-electron chi connectivity index (χ1n) is 9.36. The predicted octanol–water partition coefficient (Wildman–Crippen LogP) is 3.56. The van der Waals surface area contributed by atoms with E-state index in [1.54, 1.807) is 19.9 Å².